The smallest absolute Gasteiger partial charge is 0.349 e. The number of carboxylic acid groups (broad SMARTS) is 1. The Kier molecular flexibility index (Phi) is 5.04. The number of hydrogen-bond acceptors (Lipinski definition) is 3. The Hall–Kier alpha value is -2.49. The molecule has 0 saturated carbocycles. The van der Waals surface area contributed by atoms with E-state index < -0.39 is 12.1 Å². The van der Waals surface area contributed by atoms with Crippen molar-refractivity contribution < 1.29 is 19.4 Å². The summed E-state index contributed by atoms with van der Waals surface area (Å²) in [6.07, 6.45) is -1.03. The van der Waals surface area contributed by atoms with Crippen molar-refractivity contribution in [1.29, 1.82) is 0 Å². The first-order valence-corrected chi connectivity index (χ1v) is 7.15. The summed E-state index contributed by atoms with van der Waals surface area (Å²) in [5, 5.41) is 9.42. The fourth-order valence-electron chi connectivity index (χ4n) is 2.26. The Morgan fingerprint density at radius 2 is 1.77 bits per heavy atom. The molecule has 0 fully saturated rings. The first-order valence-electron chi connectivity index (χ1n) is 7.15. The molecular formula is C18H20O4. The molecule has 0 aromatic heterocycles. The minimum absolute atomic E-state index is 0.249. The molecule has 2 aromatic carbocycles. The van der Waals surface area contributed by atoms with Gasteiger partial charge in [0.25, 0.3) is 0 Å². The quantitative estimate of drug-likeness (QED) is 0.875. The van der Waals surface area contributed by atoms with Crippen LogP contribution in [0.15, 0.2) is 48.5 Å². The summed E-state index contributed by atoms with van der Waals surface area (Å²) in [7, 11) is 1.62. The van der Waals surface area contributed by atoms with E-state index in [1.54, 1.807) is 43.5 Å². The lowest BCUT2D eigenvalue weighted by atomic mass is 10.0. The molecular weight excluding hydrogens is 280 g/mol. The summed E-state index contributed by atoms with van der Waals surface area (Å²) in [4.78, 5) is 11.5. The zero-order chi connectivity index (χ0) is 16.1. The molecule has 0 bridgehead atoms. The van der Waals surface area contributed by atoms with E-state index >= 15 is 0 Å². The summed E-state index contributed by atoms with van der Waals surface area (Å²) < 4.78 is 11.0. The molecule has 1 N–H and O–H groups in total. The second-order valence-electron chi connectivity index (χ2n) is 5.31. The number of methoxy groups -OCH3 is 1. The fraction of sp³-hybridized carbons (Fsp3) is 0.278. The van der Waals surface area contributed by atoms with Gasteiger partial charge in [-0.25, -0.2) is 4.79 Å². The third-order valence-corrected chi connectivity index (χ3v) is 3.40. The van der Waals surface area contributed by atoms with Crippen LogP contribution in [-0.4, -0.2) is 18.2 Å². The van der Waals surface area contributed by atoms with Crippen molar-refractivity contribution in [3.05, 3.63) is 59.7 Å². The van der Waals surface area contributed by atoms with Crippen molar-refractivity contribution in [3.8, 4) is 11.5 Å². The predicted octanol–water partition coefficient (Wildman–Crippen LogP) is 4.02. The van der Waals surface area contributed by atoms with Gasteiger partial charge in [-0.2, -0.15) is 0 Å². The average Bonchev–Trinajstić information content (AvgIpc) is 2.52. The van der Waals surface area contributed by atoms with Crippen molar-refractivity contribution in [1.82, 2.24) is 0 Å². The van der Waals surface area contributed by atoms with E-state index in [0.717, 1.165) is 11.3 Å². The average molecular weight is 300 g/mol. The molecule has 116 valence electrons. The highest BCUT2D eigenvalue weighted by molar-refractivity contribution is 5.74. The fourth-order valence-corrected chi connectivity index (χ4v) is 2.26. The maximum Gasteiger partial charge on any atom is 0.349 e. The van der Waals surface area contributed by atoms with Gasteiger partial charge >= 0.3 is 5.97 Å². The maximum atomic E-state index is 11.5. The summed E-state index contributed by atoms with van der Waals surface area (Å²) >= 11 is 0. The van der Waals surface area contributed by atoms with Crippen LogP contribution in [0.4, 0.5) is 0 Å². The second kappa shape index (κ2) is 6.98. The number of rotatable bonds is 6. The van der Waals surface area contributed by atoms with Crippen molar-refractivity contribution in [3.63, 3.8) is 0 Å². The topological polar surface area (TPSA) is 55.8 Å². The molecule has 4 heteroatoms. The van der Waals surface area contributed by atoms with Crippen molar-refractivity contribution in [2.75, 3.05) is 7.11 Å². The second-order valence-corrected chi connectivity index (χ2v) is 5.31. The van der Waals surface area contributed by atoms with Crippen LogP contribution in [0.1, 0.15) is 37.0 Å². The number of carboxylic acids is 1. The molecule has 2 rings (SSSR count). The van der Waals surface area contributed by atoms with E-state index in [1.807, 2.05) is 26.0 Å². The third-order valence-electron chi connectivity index (χ3n) is 3.40. The summed E-state index contributed by atoms with van der Waals surface area (Å²) in [5.74, 6) is 0.515. The van der Waals surface area contributed by atoms with E-state index in [-0.39, 0.29) is 5.92 Å². The van der Waals surface area contributed by atoms with E-state index in [9.17, 15) is 9.90 Å². The van der Waals surface area contributed by atoms with E-state index in [2.05, 4.69) is 0 Å². The van der Waals surface area contributed by atoms with E-state index in [1.165, 1.54) is 0 Å². The van der Waals surface area contributed by atoms with E-state index in [0.29, 0.717) is 11.3 Å². The minimum Gasteiger partial charge on any atom is -0.496 e. The molecule has 0 radical (unpaired) electrons. The number of aliphatic carboxylic acids is 1. The van der Waals surface area contributed by atoms with Crippen LogP contribution in [0.25, 0.3) is 0 Å². The SMILES string of the molecule is COc1ccc(OC(C(=O)O)c2ccccc2)cc1C(C)C. The molecule has 0 heterocycles. The molecule has 0 aliphatic rings. The molecule has 22 heavy (non-hydrogen) atoms. The van der Waals surface area contributed by atoms with Gasteiger partial charge in [-0.05, 0) is 24.1 Å². The van der Waals surface area contributed by atoms with Crippen LogP contribution in [0.5, 0.6) is 11.5 Å². The van der Waals surface area contributed by atoms with Gasteiger partial charge in [0, 0.05) is 11.1 Å². The Morgan fingerprint density at radius 3 is 2.32 bits per heavy atom. The van der Waals surface area contributed by atoms with Crippen LogP contribution in [-0.2, 0) is 4.79 Å². The monoisotopic (exact) mass is 300 g/mol. The molecule has 0 aliphatic heterocycles. The molecule has 1 unspecified atom stereocenters. The summed E-state index contributed by atoms with van der Waals surface area (Å²) in [5.41, 5.74) is 1.59. The highest BCUT2D eigenvalue weighted by Gasteiger charge is 2.22. The zero-order valence-corrected chi connectivity index (χ0v) is 12.9. The van der Waals surface area contributed by atoms with Gasteiger partial charge in [0.1, 0.15) is 11.5 Å². The predicted molar refractivity (Wildman–Crippen MR) is 84.5 cm³/mol. The molecule has 4 nitrogen and oxygen atoms in total. The Labute approximate surface area is 130 Å². The van der Waals surface area contributed by atoms with Crippen molar-refractivity contribution in [2.45, 2.75) is 25.9 Å². The number of benzene rings is 2. The zero-order valence-electron chi connectivity index (χ0n) is 12.9. The van der Waals surface area contributed by atoms with Crippen LogP contribution in [0.2, 0.25) is 0 Å². The van der Waals surface area contributed by atoms with Crippen molar-refractivity contribution >= 4 is 5.97 Å². The Morgan fingerprint density at radius 1 is 1.09 bits per heavy atom. The third kappa shape index (κ3) is 3.58. The molecule has 0 saturated heterocycles. The van der Waals surface area contributed by atoms with Crippen LogP contribution in [0, 0.1) is 0 Å². The highest BCUT2D eigenvalue weighted by atomic mass is 16.5. The first-order chi connectivity index (χ1) is 10.5. The van der Waals surface area contributed by atoms with Gasteiger partial charge in [0.05, 0.1) is 7.11 Å². The van der Waals surface area contributed by atoms with Gasteiger partial charge in [-0.15, -0.1) is 0 Å². The Balaban J connectivity index is 2.31. The number of ether oxygens (including phenoxy) is 2. The summed E-state index contributed by atoms with van der Waals surface area (Å²) in [6, 6.07) is 14.3. The number of hydrogen-bond donors (Lipinski definition) is 1. The standard InChI is InChI=1S/C18H20O4/c1-12(2)15-11-14(9-10-16(15)21-3)22-17(18(19)20)13-7-5-4-6-8-13/h4-12,17H,1-3H3,(H,19,20). The van der Waals surface area contributed by atoms with Gasteiger partial charge in [0.15, 0.2) is 0 Å². The molecule has 0 aliphatic carbocycles. The van der Waals surface area contributed by atoms with Gasteiger partial charge < -0.3 is 14.6 Å². The maximum absolute atomic E-state index is 11.5. The minimum atomic E-state index is -1.03. The van der Waals surface area contributed by atoms with Crippen LogP contribution in [0.3, 0.4) is 0 Å². The highest BCUT2D eigenvalue weighted by Crippen LogP contribution is 2.32. The van der Waals surface area contributed by atoms with Crippen LogP contribution >= 0.6 is 0 Å². The van der Waals surface area contributed by atoms with Gasteiger partial charge in [-0.1, -0.05) is 44.2 Å². The lowest BCUT2D eigenvalue weighted by molar-refractivity contribution is -0.145. The molecule has 1 atom stereocenters. The lowest BCUT2D eigenvalue weighted by Crippen LogP contribution is -2.18. The first kappa shape index (κ1) is 15.9. The van der Waals surface area contributed by atoms with Crippen molar-refractivity contribution in [2.24, 2.45) is 0 Å². The normalized spacial score (nSPS) is 12.0. The lowest BCUT2D eigenvalue weighted by Gasteiger charge is -2.18. The largest absolute Gasteiger partial charge is 0.496 e. The van der Waals surface area contributed by atoms with E-state index in [4.69, 9.17) is 9.47 Å². The summed E-state index contributed by atoms with van der Waals surface area (Å²) in [6.45, 7) is 4.10. The molecule has 0 amide bonds. The van der Waals surface area contributed by atoms with Gasteiger partial charge in [-0.3, -0.25) is 0 Å². The Bertz CT molecular complexity index is 635. The number of carbonyl (C=O) groups is 1. The van der Waals surface area contributed by atoms with Crippen LogP contribution < -0.4 is 9.47 Å². The van der Waals surface area contributed by atoms with Gasteiger partial charge in [0.2, 0.25) is 6.10 Å². The molecule has 2 aromatic rings. The molecule has 0 spiro atoms.